The van der Waals surface area contributed by atoms with Gasteiger partial charge in [0, 0.05) is 24.7 Å². The minimum Gasteiger partial charge on any atom is -0.398 e. The van der Waals surface area contributed by atoms with E-state index in [2.05, 4.69) is 4.98 Å². The van der Waals surface area contributed by atoms with Gasteiger partial charge in [-0.3, -0.25) is 0 Å². The van der Waals surface area contributed by atoms with Gasteiger partial charge in [-0.25, -0.2) is 4.98 Å². The molecule has 0 aliphatic carbocycles. The zero-order chi connectivity index (χ0) is 14.1. The van der Waals surface area contributed by atoms with Crippen molar-refractivity contribution in [3.05, 3.63) is 59.9 Å². The van der Waals surface area contributed by atoms with Crippen molar-refractivity contribution >= 4 is 16.7 Å². The summed E-state index contributed by atoms with van der Waals surface area (Å²) >= 11 is 0. The van der Waals surface area contributed by atoms with Gasteiger partial charge >= 0.3 is 0 Å². The van der Waals surface area contributed by atoms with Crippen molar-refractivity contribution < 1.29 is 5.11 Å². The number of nitrogens with zero attached hydrogens (tertiary/aromatic N) is 2. The van der Waals surface area contributed by atoms with E-state index in [1.54, 1.807) is 6.07 Å². The lowest BCUT2D eigenvalue weighted by molar-refractivity contribution is 0.176. The predicted molar refractivity (Wildman–Crippen MR) is 80.2 cm³/mol. The number of fused-ring (bicyclic) bond motifs is 1. The Morgan fingerprint density at radius 1 is 1.15 bits per heavy atom. The highest BCUT2D eigenvalue weighted by molar-refractivity contribution is 5.75. The Kier molecular flexibility index (Phi) is 3.16. The maximum atomic E-state index is 10.4. The first-order valence-corrected chi connectivity index (χ1v) is 6.59. The maximum Gasteiger partial charge on any atom is 0.112 e. The Bertz CT molecular complexity index is 748. The molecule has 20 heavy (non-hydrogen) atoms. The van der Waals surface area contributed by atoms with E-state index in [0.717, 1.165) is 22.4 Å². The summed E-state index contributed by atoms with van der Waals surface area (Å²) in [5.41, 5.74) is 9.27. The Morgan fingerprint density at radius 3 is 2.60 bits per heavy atom. The molecule has 102 valence electrons. The molecule has 0 aliphatic heterocycles. The third-order valence-corrected chi connectivity index (χ3v) is 3.61. The first-order valence-electron chi connectivity index (χ1n) is 6.59. The normalized spacial score (nSPS) is 12.7. The van der Waals surface area contributed by atoms with Crippen LogP contribution in [0.1, 0.15) is 17.5 Å². The molecular weight excluding hydrogens is 250 g/mol. The van der Waals surface area contributed by atoms with E-state index in [9.17, 15) is 5.11 Å². The van der Waals surface area contributed by atoms with Gasteiger partial charge in [0.15, 0.2) is 0 Å². The molecule has 0 amide bonds. The molecule has 1 unspecified atom stereocenters. The quantitative estimate of drug-likeness (QED) is 0.716. The number of aliphatic hydroxyl groups excluding tert-OH is 1. The fourth-order valence-corrected chi connectivity index (χ4v) is 2.48. The second kappa shape index (κ2) is 4.98. The number of anilines is 1. The number of aromatic nitrogens is 2. The van der Waals surface area contributed by atoms with Crippen molar-refractivity contribution in [2.45, 2.75) is 12.5 Å². The molecule has 4 heteroatoms. The monoisotopic (exact) mass is 267 g/mol. The minimum absolute atomic E-state index is 0.444. The number of aryl methyl sites for hydroxylation is 1. The van der Waals surface area contributed by atoms with Gasteiger partial charge in [0.2, 0.25) is 0 Å². The third kappa shape index (κ3) is 2.14. The minimum atomic E-state index is -0.647. The molecule has 0 fully saturated rings. The van der Waals surface area contributed by atoms with Crippen LogP contribution in [0.4, 0.5) is 5.69 Å². The van der Waals surface area contributed by atoms with E-state index in [4.69, 9.17) is 5.73 Å². The summed E-state index contributed by atoms with van der Waals surface area (Å²) in [6.07, 6.45) is -0.203. The first kappa shape index (κ1) is 12.7. The number of benzene rings is 2. The Hall–Kier alpha value is -2.33. The van der Waals surface area contributed by atoms with Crippen molar-refractivity contribution in [1.29, 1.82) is 0 Å². The van der Waals surface area contributed by atoms with Crippen molar-refractivity contribution in [3.8, 4) is 0 Å². The number of nitrogens with two attached hydrogens (primary N) is 1. The van der Waals surface area contributed by atoms with Crippen molar-refractivity contribution in [2.75, 3.05) is 5.73 Å². The summed E-state index contributed by atoms with van der Waals surface area (Å²) in [5.74, 6) is 0.849. The summed E-state index contributed by atoms with van der Waals surface area (Å²) in [5, 5.41) is 10.4. The van der Waals surface area contributed by atoms with Crippen molar-refractivity contribution in [1.82, 2.24) is 9.55 Å². The van der Waals surface area contributed by atoms with Crippen LogP contribution in [-0.2, 0) is 13.5 Å². The van der Waals surface area contributed by atoms with Gasteiger partial charge in [-0.1, -0.05) is 30.3 Å². The molecule has 0 spiro atoms. The van der Waals surface area contributed by atoms with Crippen LogP contribution in [0.25, 0.3) is 11.0 Å². The largest absolute Gasteiger partial charge is 0.398 e. The molecule has 1 atom stereocenters. The molecule has 2 aromatic carbocycles. The Morgan fingerprint density at radius 2 is 1.85 bits per heavy atom. The van der Waals surface area contributed by atoms with Crippen LogP contribution in [0.3, 0.4) is 0 Å². The zero-order valence-corrected chi connectivity index (χ0v) is 11.3. The smallest absolute Gasteiger partial charge is 0.112 e. The van der Waals surface area contributed by atoms with Gasteiger partial charge in [0.25, 0.3) is 0 Å². The van der Waals surface area contributed by atoms with Gasteiger partial charge in [0.1, 0.15) is 5.82 Å². The molecule has 3 aromatic rings. The number of rotatable bonds is 3. The molecule has 0 saturated heterocycles. The SMILES string of the molecule is Cn1c(CC(O)c2ccccc2N)nc2ccccc21. The summed E-state index contributed by atoms with van der Waals surface area (Å²) in [6.45, 7) is 0. The molecule has 3 rings (SSSR count). The van der Waals surface area contributed by atoms with Crippen LogP contribution in [0, 0.1) is 0 Å². The highest BCUT2D eigenvalue weighted by Crippen LogP contribution is 2.24. The highest BCUT2D eigenvalue weighted by atomic mass is 16.3. The van der Waals surface area contributed by atoms with E-state index in [1.165, 1.54) is 0 Å². The third-order valence-electron chi connectivity index (χ3n) is 3.61. The van der Waals surface area contributed by atoms with Gasteiger partial charge in [-0.15, -0.1) is 0 Å². The summed E-state index contributed by atoms with van der Waals surface area (Å²) in [4.78, 5) is 4.57. The van der Waals surface area contributed by atoms with E-state index < -0.39 is 6.10 Å². The van der Waals surface area contributed by atoms with Crippen LogP contribution in [0.15, 0.2) is 48.5 Å². The number of imidazole rings is 1. The predicted octanol–water partition coefficient (Wildman–Crippen LogP) is 2.43. The molecule has 4 nitrogen and oxygen atoms in total. The zero-order valence-electron chi connectivity index (χ0n) is 11.3. The summed E-state index contributed by atoms with van der Waals surface area (Å²) in [6, 6.07) is 15.3. The average Bonchev–Trinajstić information content (AvgIpc) is 2.76. The van der Waals surface area contributed by atoms with Crippen LogP contribution in [0.2, 0.25) is 0 Å². The van der Waals surface area contributed by atoms with Gasteiger partial charge in [-0.2, -0.15) is 0 Å². The topological polar surface area (TPSA) is 64.1 Å². The molecule has 0 aliphatic rings. The summed E-state index contributed by atoms with van der Waals surface area (Å²) < 4.78 is 2.01. The first-order chi connectivity index (χ1) is 9.66. The molecule has 1 aromatic heterocycles. The standard InChI is InChI=1S/C16H17N3O/c1-19-14-9-5-4-8-13(14)18-16(19)10-15(20)11-6-2-3-7-12(11)17/h2-9,15,20H,10,17H2,1H3. The van der Waals surface area contributed by atoms with Crippen LogP contribution >= 0.6 is 0 Å². The van der Waals surface area contributed by atoms with E-state index in [-0.39, 0.29) is 0 Å². The highest BCUT2D eigenvalue weighted by Gasteiger charge is 2.15. The van der Waals surface area contributed by atoms with Crippen molar-refractivity contribution in [3.63, 3.8) is 0 Å². The van der Waals surface area contributed by atoms with Gasteiger partial charge in [-0.05, 0) is 18.2 Å². The van der Waals surface area contributed by atoms with E-state index in [1.807, 2.05) is 54.1 Å². The number of hydrogen-bond donors (Lipinski definition) is 2. The number of para-hydroxylation sites is 3. The molecule has 0 radical (unpaired) electrons. The second-order valence-corrected chi connectivity index (χ2v) is 4.92. The van der Waals surface area contributed by atoms with Crippen LogP contribution in [-0.4, -0.2) is 14.7 Å². The lowest BCUT2D eigenvalue weighted by Crippen LogP contribution is -2.08. The molecule has 0 bridgehead atoms. The second-order valence-electron chi connectivity index (χ2n) is 4.92. The van der Waals surface area contributed by atoms with Gasteiger partial charge < -0.3 is 15.4 Å². The van der Waals surface area contributed by atoms with Crippen LogP contribution < -0.4 is 5.73 Å². The molecule has 3 N–H and O–H groups in total. The maximum absolute atomic E-state index is 10.4. The van der Waals surface area contributed by atoms with Crippen molar-refractivity contribution in [2.24, 2.45) is 7.05 Å². The molecular formula is C16H17N3O. The van der Waals surface area contributed by atoms with E-state index in [0.29, 0.717) is 12.1 Å². The fraction of sp³-hybridized carbons (Fsp3) is 0.188. The lowest BCUT2D eigenvalue weighted by atomic mass is 10.0. The lowest BCUT2D eigenvalue weighted by Gasteiger charge is -2.13. The average molecular weight is 267 g/mol. The Balaban J connectivity index is 1.93. The Labute approximate surface area is 117 Å². The number of aliphatic hydroxyl groups is 1. The number of nitrogen functional groups attached to an aromatic ring is 1. The summed E-state index contributed by atoms with van der Waals surface area (Å²) in [7, 11) is 1.96. The van der Waals surface area contributed by atoms with E-state index >= 15 is 0 Å². The molecule has 1 heterocycles. The van der Waals surface area contributed by atoms with Crippen LogP contribution in [0.5, 0.6) is 0 Å². The van der Waals surface area contributed by atoms with Gasteiger partial charge in [0.05, 0.1) is 17.1 Å². The number of hydrogen-bond acceptors (Lipinski definition) is 3. The molecule has 0 saturated carbocycles. The fourth-order valence-electron chi connectivity index (χ4n) is 2.48.